The zero-order valence-corrected chi connectivity index (χ0v) is 14.6. The first kappa shape index (κ1) is 17.5. The van der Waals surface area contributed by atoms with E-state index in [0.29, 0.717) is 24.4 Å². The predicted molar refractivity (Wildman–Crippen MR) is 94.4 cm³/mol. The van der Waals surface area contributed by atoms with Crippen molar-refractivity contribution in [3.8, 4) is 11.5 Å². The lowest BCUT2D eigenvalue weighted by atomic mass is 9.89. The summed E-state index contributed by atoms with van der Waals surface area (Å²) in [5.41, 5.74) is 0.904. The van der Waals surface area contributed by atoms with E-state index in [1.165, 1.54) is 12.8 Å². The van der Waals surface area contributed by atoms with Gasteiger partial charge in [-0.15, -0.1) is 0 Å². The van der Waals surface area contributed by atoms with Crippen molar-refractivity contribution in [1.29, 1.82) is 0 Å². The molecule has 134 valence electrons. The number of ether oxygens (including phenoxy) is 1. The van der Waals surface area contributed by atoms with Crippen LogP contribution in [0.2, 0.25) is 0 Å². The standard InChI is InChI=1S/C19H30N2O3/c1-24-16-7-6-14(19(23)12-16)13-20-15-8-10-21(11-9-15)17-4-2-3-5-18(17)22/h6-7,12,15,17-18,20,22-23H,2-5,8-11,13H2,1H3. The van der Waals surface area contributed by atoms with Crippen molar-refractivity contribution in [2.45, 2.75) is 63.3 Å². The summed E-state index contributed by atoms with van der Waals surface area (Å²) >= 11 is 0. The number of nitrogens with zero attached hydrogens (tertiary/aromatic N) is 1. The molecule has 1 aliphatic heterocycles. The van der Waals surface area contributed by atoms with Crippen molar-refractivity contribution in [3.05, 3.63) is 23.8 Å². The lowest BCUT2D eigenvalue weighted by molar-refractivity contribution is 0.00713. The average Bonchev–Trinajstić information content (AvgIpc) is 2.61. The number of piperidine rings is 1. The third-order valence-corrected chi connectivity index (χ3v) is 5.57. The summed E-state index contributed by atoms with van der Waals surface area (Å²) in [4.78, 5) is 2.48. The molecule has 1 saturated carbocycles. The van der Waals surface area contributed by atoms with Crippen LogP contribution in [0, 0.1) is 0 Å². The Kier molecular flexibility index (Phi) is 5.98. The molecule has 0 radical (unpaired) electrons. The highest BCUT2D eigenvalue weighted by Crippen LogP contribution is 2.27. The molecule has 3 rings (SSSR count). The number of methoxy groups -OCH3 is 1. The van der Waals surface area contributed by atoms with Gasteiger partial charge in [-0.3, -0.25) is 4.90 Å². The Bertz CT molecular complexity index is 529. The maximum absolute atomic E-state index is 10.2. The number of phenols is 1. The molecular formula is C19H30N2O3. The van der Waals surface area contributed by atoms with Crippen molar-refractivity contribution >= 4 is 0 Å². The minimum Gasteiger partial charge on any atom is -0.507 e. The monoisotopic (exact) mass is 334 g/mol. The number of aliphatic hydroxyl groups excluding tert-OH is 1. The minimum absolute atomic E-state index is 0.139. The number of hydrogen-bond acceptors (Lipinski definition) is 5. The molecule has 0 spiro atoms. The number of aromatic hydroxyl groups is 1. The summed E-state index contributed by atoms with van der Waals surface area (Å²) in [5, 5.41) is 23.8. The van der Waals surface area contributed by atoms with E-state index in [1.54, 1.807) is 13.2 Å². The molecule has 3 N–H and O–H groups in total. The third kappa shape index (κ3) is 4.21. The molecule has 1 heterocycles. The fourth-order valence-corrected chi connectivity index (χ4v) is 4.03. The normalized spacial score (nSPS) is 26.4. The van der Waals surface area contributed by atoms with Crippen molar-refractivity contribution in [1.82, 2.24) is 10.2 Å². The molecule has 5 heteroatoms. The fraction of sp³-hybridized carbons (Fsp3) is 0.684. The predicted octanol–water partition coefficient (Wildman–Crippen LogP) is 2.26. The third-order valence-electron chi connectivity index (χ3n) is 5.57. The van der Waals surface area contributed by atoms with E-state index in [4.69, 9.17) is 4.74 Å². The minimum atomic E-state index is -0.139. The van der Waals surface area contributed by atoms with Crippen LogP contribution < -0.4 is 10.1 Å². The summed E-state index contributed by atoms with van der Waals surface area (Å²) in [5.74, 6) is 0.959. The van der Waals surface area contributed by atoms with E-state index >= 15 is 0 Å². The van der Waals surface area contributed by atoms with Crippen LogP contribution in [0.1, 0.15) is 44.1 Å². The molecule has 2 aliphatic rings. The molecule has 1 saturated heterocycles. The molecular weight excluding hydrogens is 304 g/mol. The second-order valence-corrected chi connectivity index (χ2v) is 7.10. The molecule has 2 fully saturated rings. The van der Waals surface area contributed by atoms with Gasteiger partial charge in [-0.05, 0) is 31.7 Å². The van der Waals surface area contributed by atoms with E-state index in [9.17, 15) is 10.2 Å². The molecule has 0 amide bonds. The first-order valence-corrected chi connectivity index (χ1v) is 9.18. The summed E-state index contributed by atoms with van der Waals surface area (Å²) < 4.78 is 5.12. The quantitative estimate of drug-likeness (QED) is 0.771. The van der Waals surface area contributed by atoms with Gasteiger partial charge < -0.3 is 20.3 Å². The number of phenolic OH excluding ortho intramolecular Hbond substituents is 1. The Labute approximate surface area is 144 Å². The van der Waals surface area contributed by atoms with Gasteiger partial charge in [0, 0.05) is 43.3 Å². The first-order valence-electron chi connectivity index (χ1n) is 9.18. The Morgan fingerprint density at radius 2 is 1.92 bits per heavy atom. The van der Waals surface area contributed by atoms with Crippen molar-refractivity contribution < 1.29 is 14.9 Å². The van der Waals surface area contributed by atoms with Gasteiger partial charge in [0.25, 0.3) is 0 Å². The molecule has 0 aromatic heterocycles. The molecule has 24 heavy (non-hydrogen) atoms. The van der Waals surface area contributed by atoms with Gasteiger partial charge in [0.1, 0.15) is 11.5 Å². The zero-order valence-electron chi connectivity index (χ0n) is 14.6. The number of likely N-dealkylation sites (tertiary alicyclic amines) is 1. The van der Waals surface area contributed by atoms with E-state index < -0.39 is 0 Å². The second kappa shape index (κ2) is 8.19. The van der Waals surface area contributed by atoms with Crippen molar-refractivity contribution in [2.24, 2.45) is 0 Å². The summed E-state index contributed by atoms with van der Waals surface area (Å²) in [6, 6.07) is 6.29. The molecule has 2 atom stereocenters. The van der Waals surface area contributed by atoms with Gasteiger partial charge in [-0.25, -0.2) is 0 Å². The largest absolute Gasteiger partial charge is 0.507 e. The highest BCUT2D eigenvalue weighted by atomic mass is 16.5. The average molecular weight is 334 g/mol. The second-order valence-electron chi connectivity index (χ2n) is 7.10. The van der Waals surface area contributed by atoms with Gasteiger partial charge in [0.05, 0.1) is 13.2 Å². The number of nitrogens with one attached hydrogen (secondary N) is 1. The van der Waals surface area contributed by atoms with Crippen LogP contribution in [-0.2, 0) is 6.54 Å². The SMILES string of the molecule is COc1ccc(CNC2CCN(C3CCCCC3O)CC2)c(O)c1. The van der Waals surface area contributed by atoms with Crippen LogP contribution in [0.4, 0.5) is 0 Å². The smallest absolute Gasteiger partial charge is 0.123 e. The van der Waals surface area contributed by atoms with Crippen LogP contribution in [0.3, 0.4) is 0 Å². The highest BCUT2D eigenvalue weighted by Gasteiger charge is 2.31. The highest BCUT2D eigenvalue weighted by molar-refractivity contribution is 5.39. The van der Waals surface area contributed by atoms with Crippen molar-refractivity contribution in [2.75, 3.05) is 20.2 Å². The Balaban J connectivity index is 1.45. The first-order chi connectivity index (χ1) is 11.7. The van der Waals surface area contributed by atoms with E-state index in [-0.39, 0.29) is 11.9 Å². The molecule has 2 unspecified atom stereocenters. The summed E-state index contributed by atoms with van der Waals surface area (Å²) in [6.45, 7) is 2.77. The lowest BCUT2D eigenvalue weighted by Crippen LogP contribution is -2.51. The van der Waals surface area contributed by atoms with E-state index in [0.717, 1.165) is 44.3 Å². The van der Waals surface area contributed by atoms with Crippen LogP contribution in [0.5, 0.6) is 11.5 Å². The molecule has 1 aromatic rings. The number of hydrogen-bond donors (Lipinski definition) is 3. The topological polar surface area (TPSA) is 65.0 Å². The van der Waals surface area contributed by atoms with Gasteiger partial charge in [-0.1, -0.05) is 18.9 Å². The maximum Gasteiger partial charge on any atom is 0.123 e. The maximum atomic E-state index is 10.2. The number of benzene rings is 1. The van der Waals surface area contributed by atoms with Crippen molar-refractivity contribution in [3.63, 3.8) is 0 Å². The Morgan fingerprint density at radius 1 is 1.17 bits per heavy atom. The zero-order chi connectivity index (χ0) is 16.9. The van der Waals surface area contributed by atoms with Crippen LogP contribution in [0.15, 0.2) is 18.2 Å². The van der Waals surface area contributed by atoms with Crippen LogP contribution >= 0.6 is 0 Å². The molecule has 5 nitrogen and oxygen atoms in total. The Morgan fingerprint density at radius 3 is 2.58 bits per heavy atom. The Hall–Kier alpha value is -1.30. The van der Waals surface area contributed by atoms with E-state index in [2.05, 4.69) is 10.2 Å². The molecule has 1 aliphatic carbocycles. The fourth-order valence-electron chi connectivity index (χ4n) is 4.03. The lowest BCUT2D eigenvalue weighted by Gasteiger charge is -2.41. The van der Waals surface area contributed by atoms with E-state index in [1.807, 2.05) is 12.1 Å². The van der Waals surface area contributed by atoms with Crippen LogP contribution in [-0.4, -0.2) is 53.5 Å². The van der Waals surface area contributed by atoms with Gasteiger partial charge in [0.15, 0.2) is 0 Å². The summed E-state index contributed by atoms with van der Waals surface area (Å²) in [7, 11) is 1.60. The molecule has 1 aromatic carbocycles. The van der Waals surface area contributed by atoms with Gasteiger partial charge >= 0.3 is 0 Å². The van der Waals surface area contributed by atoms with Gasteiger partial charge in [-0.2, -0.15) is 0 Å². The number of aliphatic hydroxyl groups is 1. The van der Waals surface area contributed by atoms with Crippen LogP contribution in [0.25, 0.3) is 0 Å². The number of rotatable bonds is 5. The molecule has 0 bridgehead atoms. The summed E-state index contributed by atoms with van der Waals surface area (Å²) in [6.07, 6.45) is 6.57. The van der Waals surface area contributed by atoms with Gasteiger partial charge in [0.2, 0.25) is 0 Å².